The fraction of sp³-hybridized carbons (Fsp3) is 0.952. The normalized spacial score (nSPS) is 19.6. The largest absolute Gasteiger partial charge is 0.356 e. The van der Waals surface area contributed by atoms with Gasteiger partial charge in [0.25, 0.3) is 0 Å². The van der Waals surface area contributed by atoms with Crippen LogP contribution in [0.25, 0.3) is 0 Å². The van der Waals surface area contributed by atoms with Gasteiger partial charge in [-0.2, -0.15) is 0 Å². The smallest absolute Gasteiger partial charge is 0.191 e. The summed E-state index contributed by atoms with van der Waals surface area (Å²) in [6.07, 6.45) is 9.07. The number of hydrogen-bond donors (Lipinski definition) is 2. The molecular weight excluding hydrogens is 449 g/mol. The number of aliphatic imine (C=N–C) groups is 1. The maximum atomic E-state index is 4.38. The Morgan fingerprint density at radius 1 is 1.19 bits per heavy atom. The van der Waals surface area contributed by atoms with Crippen molar-refractivity contribution in [1.29, 1.82) is 0 Å². The van der Waals surface area contributed by atoms with Crippen LogP contribution in [0, 0.1) is 0 Å². The average molecular weight is 496 g/mol. The van der Waals surface area contributed by atoms with Gasteiger partial charge in [0, 0.05) is 25.7 Å². The molecule has 2 N–H and O–H groups in total. The number of nitrogens with zero attached hydrogens (tertiary/aromatic N) is 3. The zero-order chi connectivity index (χ0) is 19.2. The topological polar surface area (TPSA) is 42.9 Å². The van der Waals surface area contributed by atoms with Crippen LogP contribution >= 0.6 is 24.0 Å². The molecule has 0 saturated carbocycles. The lowest BCUT2D eigenvalue weighted by Crippen LogP contribution is -2.43. The van der Waals surface area contributed by atoms with Crippen molar-refractivity contribution in [3.05, 3.63) is 0 Å². The van der Waals surface area contributed by atoms with Gasteiger partial charge in [0.05, 0.1) is 0 Å². The summed E-state index contributed by atoms with van der Waals surface area (Å²) in [6, 6.07) is 1.24. The molecule has 0 spiro atoms. The lowest BCUT2D eigenvalue weighted by Gasteiger charge is -2.33. The number of halogens is 1. The van der Waals surface area contributed by atoms with Gasteiger partial charge < -0.3 is 20.4 Å². The van der Waals surface area contributed by atoms with E-state index >= 15 is 0 Å². The molecule has 2 atom stereocenters. The van der Waals surface area contributed by atoms with E-state index in [2.05, 4.69) is 53.1 Å². The maximum Gasteiger partial charge on any atom is 0.191 e. The van der Waals surface area contributed by atoms with E-state index in [9.17, 15) is 0 Å². The molecule has 162 valence electrons. The predicted octanol–water partition coefficient (Wildman–Crippen LogP) is 3.93. The van der Waals surface area contributed by atoms with E-state index in [1.165, 1.54) is 64.6 Å². The highest BCUT2D eigenvalue weighted by atomic mass is 127. The Balaban J connectivity index is 0.00000676. The summed E-state index contributed by atoms with van der Waals surface area (Å²) in [7, 11) is 1.87. The number of unbranched alkanes of at least 4 members (excludes halogenated alkanes) is 1. The van der Waals surface area contributed by atoms with Gasteiger partial charge >= 0.3 is 0 Å². The molecule has 1 rings (SSSR count). The SMILES string of the molecule is CCN(CC)CCCC(C)NC(=NC)NCCCCN1CCCCC1C.I. The molecule has 6 heteroatoms. The summed E-state index contributed by atoms with van der Waals surface area (Å²) in [6.45, 7) is 16.2. The lowest BCUT2D eigenvalue weighted by atomic mass is 10.0. The van der Waals surface area contributed by atoms with Gasteiger partial charge in [-0.15, -0.1) is 24.0 Å². The van der Waals surface area contributed by atoms with Crippen molar-refractivity contribution >= 4 is 29.9 Å². The Morgan fingerprint density at radius 2 is 1.93 bits per heavy atom. The Labute approximate surface area is 186 Å². The van der Waals surface area contributed by atoms with E-state index in [1.807, 2.05) is 7.05 Å². The van der Waals surface area contributed by atoms with Crippen molar-refractivity contribution in [2.75, 3.05) is 46.3 Å². The van der Waals surface area contributed by atoms with Gasteiger partial charge in [-0.25, -0.2) is 0 Å². The number of likely N-dealkylation sites (tertiary alicyclic amines) is 1. The highest BCUT2D eigenvalue weighted by Gasteiger charge is 2.17. The highest BCUT2D eigenvalue weighted by molar-refractivity contribution is 14.0. The summed E-state index contributed by atoms with van der Waals surface area (Å²) in [5.41, 5.74) is 0. The Kier molecular flexibility index (Phi) is 16.8. The molecule has 0 bridgehead atoms. The average Bonchev–Trinajstić information content (AvgIpc) is 2.65. The number of piperidine rings is 1. The minimum atomic E-state index is 0. The van der Waals surface area contributed by atoms with E-state index < -0.39 is 0 Å². The first kappa shape index (κ1) is 26.9. The first-order valence-corrected chi connectivity index (χ1v) is 11.0. The fourth-order valence-electron chi connectivity index (χ4n) is 3.80. The first-order valence-electron chi connectivity index (χ1n) is 11.0. The standard InChI is InChI=1S/C21H45N5.HI/c1-6-25(7-2)16-12-13-19(3)24-21(22-5)23-15-9-11-18-26-17-10-8-14-20(26)4;/h19-20H,6-18H2,1-5H3,(H2,22,23,24);1H. The minimum absolute atomic E-state index is 0. The molecule has 1 aliphatic rings. The molecule has 0 aromatic carbocycles. The van der Waals surface area contributed by atoms with Crippen LogP contribution in [0.3, 0.4) is 0 Å². The second-order valence-corrected chi connectivity index (χ2v) is 7.80. The zero-order valence-electron chi connectivity index (χ0n) is 18.6. The highest BCUT2D eigenvalue weighted by Crippen LogP contribution is 2.16. The van der Waals surface area contributed by atoms with Gasteiger partial charge in [-0.05, 0) is 85.1 Å². The monoisotopic (exact) mass is 495 g/mol. The summed E-state index contributed by atoms with van der Waals surface area (Å²) in [4.78, 5) is 9.53. The molecule has 1 heterocycles. The molecule has 1 saturated heterocycles. The Bertz CT molecular complexity index is 374. The van der Waals surface area contributed by atoms with E-state index in [0.29, 0.717) is 6.04 Å². The van der Waals surface area contributed by atoms with Crippen molar-refractivity contribution in [3.8, 4) is 0 Å². The van der Waals surface area contributed by atoms with E-state index in [1.54, 1.807) is 0 Å². The summed E-state index contributed by atoms with van der Waals surface area (Å²) in [5.74, 6) is 0.951. The van der Waals surface area contributed by atoms with Crippen LogP contribution in [-0.4, -0.2) is 74.2 Å². The fourth-order valence-corrected chi connectivity index (χ4v) is 3.80. The quantitative estimate of drug-likeness (QED) is 0.186. The van der Waals surface area contributed by atoms with Crippen LogP contribution in [0.15, 0.2) is 4.99 Å². The summed E-state index contributed by atoms with van der Waals surface area (Å²) < 4.78 is 0. The van der Waals surface area contributed by atoms with E-state index in [4.69, 9.17) is 0 Å². The van der Waals surface area contributed by atoms with Crippen molar-refractivity contribution in [3.63, 3.8) is 0 Å². The van der Waals surface area contributed by atoms with Crippen LogP contribution in [0.1, 0.15) is 72.6 Å². The maximum absolute atomic E-state index is 4.38. The molecule has 27 heavy (non-hydrogen) atoms. The third-order valence-electron chi connectivity index (χ3n) is 5.72. The van der Waals surface area contributed by atoms with E-state index in [-0.39, 0.29) is 24.0 Å². The molecule has 0 radical (unpaired) electrons. The second-order valence-electron chi connectivity index (χ2n) is 7.80. The molecule has 0 aromatic heterocycles. The third kappa shape index (κ3) is 12.2. The molecule has 1 fully saturated rings. The van der Waals surface area contributed by atoms with Gasteiger partial charge in [0.1, 0.15) is 0 Å². The molecule has 0 aromatic rings. The molecule has 1 aliphatic heterocycles. The second kappa shape index (κ2) is 16.8. The van der Waals surface area contributed by atoms with Crippen molar-refractivity contribution < 1.29 is 0 Å². The van der Waals surface area contributed by atoms with Crippen molar-refractivity contribution in [1.82, 2.24) is 20.4 Å². The molecule has 5 nitrogen and oxygen atoms in total. The van der Waals surface area contributed by atoms with Gasteiger partial charge in [-0.3, -0.25) is 4.99 Å². The number of rotatable bonds is 12. The number of nitrogens with one attached hydrogen (secondary N) is 2. The lowest BCUT2D eigenvalue weighted by molar-refractivity contribution is 0.158. The van der Waals surface area contributed by atoms with Gasteiger partial charge in [0.15, 0.2) is 5.96 Å². The molecule has 0 amide bonds. The molecule has 0 aliphatic carbocycles. The van der Waals surface area contributed by atoms with E-state index in [0.717, 1.165) is 31.6 Å². The van der Waals surface area contributed by atoms with Crippen LogP contribution in [0.4, 0.5) is 0 Å². The van der Waals surface area contributed by atoms with Crippen LogP contribution in [0.5, 0.6) is 0 Å². The van der Waals surface area contributed by atoms with Gasteiger partial charge in [0.2, 0.25) is 0 Å². The number of guanidine groups is 1. The third-order valence-corrected chi connectivity index (χ3v) is 5.72. The first-order chi connectivity index (χ1) is 12.6. The molecular formula is C21H46IN5. The van der Waals surface area contributed by atoms with Crippen molar-refractivity contribution in [2.45, 2.75) is 84.7 Å². The van der Waals surface area contributed by atoms with Crippen LogP contribution < -0.4 is 10.6 Å². The van der Waals surface area contributed by atoms with Crippen LogP contribution in [0.2, 0.25) is 0 Å². The van der Waals surface area contributed by atoms with Crippen molar-refractivity contribution in [2.24, 2.45) is 4.99 Å². The van der Waals surface area contributed by atoms with Crippen LogP contribution in [-0.2, 0) is 0 Å². The molecule has 2 unspecified atom stereocenters. The summed E-state index contributed by atoms with van der Waals surface area (Å²) in [5, 5.41) is 7.01. The summed E-state index contributed by atoms with van der Waals surface area (Å²) >= 11 is 0. The van der Waals surface area contributed by atoms with Gasteiger partial charge in [-0.1, -0.05) is 20.3 Å². The minimum Gasteiger partial charge on any atom is -0.356 e. The zero-order valence-corrected chi connectivity index (χ0v) is 20.9. The predicted molar refractivity (Wildman–Crippen MR) is 131 cm³/mol. The number of hydrogen-bond acceptors (Lipinski definition) is 3. The Hall–Kier alpha value is -0.0800. The Morgan fingerprint density at radius 3 is 2.56 bits per heavy atom.